The number of rotatable bonds is 5. The van der Waals surface area contributed by atoms with Gasteiger partial charge in [-0.25, -0.2) is 9.50 Å². The van der Waals surface area contributed by atoms with Crippen LogP contribution in [0.1, 0.15) is 23.7 Å². The summed E-state index contributed by atoms with van der Waals surface area (Å²) < 4.78 is 6.54. The van der Waals surface area contributed by atoms with Crippen LogP contribution in [0.4, 0.5) is 0 Å². The van der Waals surface area contributed by atoms with Gasteiger partial charge in [0.2, 0.25) is 5.91 Å². The van der Waals surface area contributed by atoms with Crippen LogP contribution in [0.2, 0.25) is 0 Å². The lowest BCUT2D eigenvalue weighted by Gasteiger charge is -2.15. The number of hydrogen-bond acceptors (Lipinski definition) is 4. The lowest BCUT2D eigenvalue weighted by atomic mass is 10.0. The third-order valence-corrected chi connectivity index (χ3v) is 5.08. The molecule has 1 amide bonds. The van der Waals surface area contributed by atoms with Gasteiger partial charge in [-0.05, 0) is 12.5 Å². The lowest BCUT2D eigenvalue weighted by Crippen LogP contribution is -2.28. The molecule has 4 rings (SSSR count). The molecule has 0 saturated carbocycles. The normalized spacial score (nSPS) is 17.2. The second-order valence-electron chi connectivity index (χ2n) is 6.89. The lowest BCUT2D eigenvalue weighted by molar-refractivity contribution is -0.128. The summed E-state index contributed by atoms with van der Waals surface area (Å²) in [6.07, 6.45) is 0.371. The van der Waals surface area contributed by atoms with Gasteiger partial charge in [-0.15, -0.1) is 0 Å². The summed E-state index contributed by atoms with van der Waals surface area (Å²) in [5.41, 5.74) is 3.90. The minimum absolute atomic E-state index is 0.0765. The molecule has 27 heavy (non-hydrogen) atoms. The molecule has 3 aromatic rings. The molecule has 0 aliphatic carbocycles. The van der Waals surface area contributed by atoms with Crippen molar-refractivity contribution in [1.29, 1.82) is 0 Å². The first-order valence-corrected chi connectivity index (χ1v) is 9.03. The summed E-state index contributed by atoms with van der Waals surface area (Å²) in [6.45, 7) is 3.56. The van der Waals surface area contributed by atoms with Crippen molar-refractivity contribution in [2.75, 3.05) is 26.8 Å². The van der Waals surface area contributed by atoms with Gasteiger partial charge in [0.05, 0.1) is 12.3 Å². The van der Waals surface area contributed by atoms with Crippen LogP contribution < -0.4 is 5.56 Å². The average Bonchev–Trinajstić information content (AvgIpc) is 3.20. The molecule has 1 unspecified atom stereocenters. The van der Waals surface area contributed by atoms with E-state index in [9.17, 15) is 9.59 Å². The Morgan fingerprint density at radius 2 is 2.04 bits per heavy atom. The predicted octanol–water partition coefficient (Wildman–Crippen LogP) is 1.96. The number of amides is 1. The first-order valence-electron chi connectivity index (χ1n) is 9.03. The molecule has 0 radical (unpaired) electrons. The number of aromatic nitrogens is 3. The van der Waals surface area contributed by atoms with Gasteiger partial charge in [-0.1, -0.05) is 30.3 Å². The molecule has 7 nitrogen and oxygen atoms in total. The fraction of sp³-hybridized carbons (Fsp3) is 0.350. The van der Waals surface area contributed by atoms with Crippen LogP contribution in [0, 0.1) is 6.92 Å². The van der Waals surface area contributed by atoms with Crippen molar-refractivity contribution < 1.29 is 9.53 Å². The van der Waals surface area contributed by atoms with E-state index in [1.807, 2.05) is 37.3 Å². The van der Waals surface area contributed by atoms with Crippen molar-refractivity contribution in [3.63, 3.8) is 0 Å². The van der Waals surface area contributed by atoms with Crippen LogP contribution in [-0.4, -0.2) is 52.2 Å². The van der Waals surface area contributed by atoms with Crippen LogP contribution in [0.3, 0.4) is 0 Å². The van der Waals surface area contributed by atoms with Crippen molar-refractivity contribution in [2.24, 2.45) is 0 Å². The van der Waals surface area contributed by atoms with Crippen LogP contribution >= 0.6 is 0 Å². The van der Waals surface area contributed by atoms with E-state index in [1.54, 1.807) is 12.0 Å². The molecule has 3 heterocycles. The molecule has 1 saturated heterocycles. The van der Waals surface area contributed by atoms with Gasteiger partial charge in [0.1, 0.15) is 0 Å². The molecular weight excluding hydrogens is 344 g/mol. The molecule has 1 atom stereocenters. The second kappa shape index (κ2) is 7.00. The Morgan fingerprint density at radius 1 is 1.26 bits per heavy atom. The first kappa shape index (κ1) is 17.5. The smallest absolute Gasteiger partial charge is 0.272 e. The maximum Gasteiger partial charge on any atom is 0.272 e. The summed E-state index contributed by atoms with van der Waals surface area (Å²) in [7, 11) is 1.62. The highest BCUT2D eigenvalue weighted by Crippen LogP contribution is 2.30. The van der Waals surface area contributed by atoms with E-state index in [0.29, 0.717) is 37.5 Å². The monoisotopic (exact) mass is 366 g/mol. The zero-order valence-corrected chi connectivity index (χ0v) is 15.4. The molecule has 7 heteroatoms. The van der Waals surface area contributed by atoms with Gasteiger partial charge in [0.15, 0.2) is 5.65 Å². The number of aromatic amines is 1. The van der Waals surface area contributed by atoms with Gasteiger partial charge in [0, 0.05) is 49.9 Å². The molecule has 1 aliphatic heterocycles. The van der Waals surface area contributed by atoms with E-state index in [0.717, 1.165) is 16.8 Å². The fourth-order valence-corrected chi connectivity index (χ4v) is 3.71. The minimum Gasteiger partial charge on any atom is -0.383 e. The average molecular weight is 366 g/mol. The van der Waals surface area contributed by atoms with Gasteiger partial charge < -0.3 is 9.64 Å². The van der Waals surface area contributed by atoms with E-state index in [-0.39, 0.29) is 17.4 Å². The number of methoxy groups -OCH3 is 1. The Hall–Kier alpha value is -2.93. The van der Waals surface area contributed by atoms with Crippen LogP contribution in [0.25, 0.3) is 16.8 Å². The van der Waals surface area contributed by atoms with Crippen molar-refractivity contribution in [3.05, 3.63) is 58.1 Å². The standard InChI is InChI=1S/C20H22N4O3/c1-13-19(14-6-4-3-5-7-14)20-21-16(11-18(26)24(20)22-13)15-10-17(25)23(12-15)8-9-27-2/h3-7,11,15,22H,8-10,12H2,1-2H3. The predicted molar refractivity (Wildman–Crippen MR) is 102 cm³/mol. The molecule has 0 bridgehead atoms. The third kappa shape index (κ3) is 3.14. The Morgan fingerprint density at radius 3 is 2.78 bits per heavy atom. The van der Waals surface area contributed by atoms with E-state index in [4.69, 9.17) is 9.72 Å². The first-order chi connectivity index (χ1) is 13.1. The third-order valence-electron chi connectivity index (χ3n) is 5.08. The van der Waals surface area contributed by atoms with Gasteiger partial charge >= 0.3 is 0 Å². The zero-order chi connectivity index (χ0) is 19.0. The summed E-state index contributed by atoms with van der Waals surface area (Å²) >= 11 is 0. The largest absolute Gasteiger partial charge is 0.383 e. The number of H-pyrrole nitrogens is 1. The summed E-state index contributed by atoms with van der Waals surface area (Å²) in [5.74, 6) is -0.00142. The second-order valence-corrected chi connectivity index (χ2v) is 6.89. The van der Waals surface area contributed by atoms with E-state index < -0.39 is 0 Å². The zero-order valence-electron chi connectivity index (χ0n) is 15.4. The van der Waals surface area contributed by atoms with Crippen molar-refractivity contribution in [3.8, 4) is 11.1 Å². The van der Waals surface area contributed by atoms with Crippen LogP contribution in [0.5, 0.6) is 0 Å². The Bertz CT molecular complexity index is 1040. The number of nitrogens with zero attached hydrogens (tertiary/aromatic N) is 3. The summed E-state index contributed by atoms with van der Waals surface area (Å²) in [5, 5.41) is 3.10. The molecule has 1 fully saturated rings. The number of carbonyl (C=O) groups excluding carboxylic acids is 1. The van der Waals surface area contributed by atoms with E-state index in [1.165, 1.54) is 10.6 Å². The number of likely N-dealkylation sites (tertiary alicyclic amines) is 1. The molecule has 1 aromatic carbocycles. The molecular formula is C20H22N4O3. The molecule has 1 aliphatic rings. The minimum atomic E-state index is -0.164. The van der Waals surface area contributed by atoms with Crippen molar-refractivity contribution >= 4 is 11.6 Å². The van der Waals surface area contributed by atoms with Crippen molar-refractivity contribution in [1.82, 2.24) is 19.5 Å². The number of fused-ring (bicyclic) bond motifs is 1. The van der Waals surface area contributed by atoms with Crippen LogP contribution in [0.15, 0.2) is 41.2 Å². The summed E-state index contributed by atoms with van der Waals surface area (Å²) in [6, 6.07) is 11.4. The van der Waals surface area contributed by atoms with Crippen LogP contribution in [-0.2, 0) is 9.53 Å². The Kier molecular flexibility index (Phi) is 4.53. The van der Waals surface area contributed by atoms with Gasteiger partial charge in [-0.2, -0.15) is 0 Å². The quantitative estimate of drug-likeness (QED) is 0.749. The Balaban J connectivity index is 1.76. The van der Waals surface area contributed by atoms with E-state index in [2.05, 4.69) is 5.10 Å². The Labute approximate surface area is 156 Å². The van der Waals surface area contributed by atoms with E-state index >= 15 is 0 Å². The topological polar surface area (TPSA) is 79.7 Å². The van der Waals surface area contributed by atoms with Gasteiger partial charge in [0.25, 0.3) is 5.56 Å². The number of aryl methyl sites for hydroxylation is 1. The maximum absolute atomic E-state index is 12.7. The molecule has 1 N–H and O–H groups in total. The number of ether oxygens (including phenoxy) is 1. The molecule has 140 valence electrons. The number of benzene rings is 1. The van der Waals surface area contributed by atoms with Gasteiger partial charge in [-0.3, -0.25) is 14.7 Å². The summed E-state index contributed by atoms with van der Waals surface area (Å²) in [4.78, 5) is 31.5. The highest BCUT2D eigenvalue weighted by molar-refractivity contribution is 5.81. The number of carbonyl (C=O) groups is 1. The number of nitrogens with one attached hydrogen (secondary N) is 1. The maximum atomic E-state index is 12.7. The molecule has 2 aromatic heterocycles. The highest BCUT2D eigenvalue weighted by atomic mass is 16.5. The molecule has 0 spiro atoms. The fourth-order valence-electron chi connectivity index (χ4n) is 3.71. The highest BCUT2D eigenvalue weighted by Gasteiger charge is 2.32. The van der Waals surface area contributed by atoms with Crippen molar-refractivity contribution in [2.45, 2.75) is 19.3 Å². The SMILES string of the molecule is COCCN1CC(c2cc(=O)n3[nH]c(C)c(-c4ccccc4)c3n2)CC1=O. The number of hydrogen-bond donors (Lipinski definition) is 1.